The van der Waals surface area contributed by atoms with Crippen molar-refractivity contribution < 1.29 is 22.7 Å². The topological polar surface area (TPSA) is 88.8 Å². The molecule has 0 spiro atoms. The number of benzene rings is 1. The first kappa shape index (κ1) is 15.6. The second kappa shape index (κ2) is 6.75. The molecule has 6 nitrogen and oxygen atoms in total. The average Bonchev–Trinajstić information content (AvgIpc) is 2.97. The Morgan fingerprint density at radius 3 is 2.76 bits per heavy atom. The van der Waals surface area contributed by atoms with Crippen LogP contribution in [0.5, 0.6) is 5.75 Å². The maximum absolute atomic E-state index is 12.0. The molecule has 0 radical (unpaired) electrons. The summed E-state index contributed by atoms with van der Waals surface area (Å²) in [5.41, 5.74) is 0.965. The summed E-state index contributed by atoms with van der Waals surface area (Å²) in [6, 6.07) is 10.2. The molecule has 0 aliphatic heterocycles. The van der Waals surface area contributed by atoms with Crippen molar-refractivity contribution in [3.63, 3.8) is 0 Å². The zero-order valence-electron chi connectivity index (χ0n) is 11.6. The summed E-state index contributed by atoms with van der Waals surface area (Å²) in [6.07, 6.45) is 0.532. The number of sulfonamides is 1. The van der Waals surface area contributed by atoms with Crippen LogP contribution in [0, 0.1) is 0 Å². The molecule has 2 N–H and O–H groups in total. The van der Waals surface area contributed by atoms with Gasteiger partial charge in [-0.05, 0) is 36.2 Å². The molecule has 0 bridgehead atoms. The maximum atomic E-state index is 12.0. The third-order valence-corrected chi connectivity index (χ3v) is 4.23. The van der Waals surface area contributed by atoms with Crippen LogP contribution in [0.1, 0.15) is 11.3 Å². The molecular formula is C14H17NO5S. The molecule has 0 aliphatic rings. The Kier molecular flexibility index (Phi) is 5.00. The third kappa shape index (κ3) is 4.07. The summed E-state index contributed by atoms with van der Waals surface area (Å²) >= 11 is 0. The van der Waals surface area contributed by atoms with Crippen molar-refractivity contribution in [3.8, 4) is 5.75 Å². The molecule has 2 rings (SSSR count). The molecule has 0 amide bonds. The molecule has 7 heteroatoms. The molecule has 0 aliphatic carbocycles. The number of aliphatic hydroxyl groups excluding tert-OH is 1. The predicted octanol–water partition coefficient (Wildman–Crippen LogP) is 1.30. The Morgan fingerprint density at radius 2 is 2.10 bits per heavy atom. The first-order valence-electron chi connectivity index (χ1n) is 6.37. The predicted molar refractivity (Wildman–Crippen MR) is 76.5 cm³/mol. The van der Waals surface area contributed by atoms with E-state index in [4.69, 9.17) is 14.3 Å². The number of furan rings is 1. The Morgan fingerprint density at radius 1 is 1.29 bits per heavy atom. The number of hydrogen-bond acceptors (Lipinski definition) is 5. The lowest BCUT2D eigenvalue weighted by molar-refractivity contribution is 0.236. The maximum Gasteiger partial charge on any atom is 0.273 e. The standard InChI is InChI=1S/C14H17NO5S/c1-19-12-4-2-3-11(9-12)7-8-15-21(17,18)14-6-5-13(10-16)20-14/h2-6,9,15-16H,7-8,10H2,1H3. The van der Waals surface area contributed by atoms with Crippen molar-refractivity contribution in [1.82, 2.24) is 4.72 Å². The number of methoxy groups -OCH3 is 1. The second-order valence-electron chi connectivity index (χ2n) is 4.38. The van der Waals surface area contributed by atoms with Crippen molar-refractivity contribution in [3.05, 3.63) is 47.7 Å². The molecule has 21 heavy (non-hydrogen) atoms. The summed E-state index contributed by atoms with van der Waals surface area (Å²) < 4.78 is 36.5. The van der Waals surface area contributed by atoms with Crippen LogP contribution >= 0.6 is 0 Å². The van der Waals surface area contributed by atoms with Gasteiger partial charge < -0.3 is 14.3 Å². The van der Waals surface area contributed by atoms with Gasteiger partial charge in [0.15, 0.2) is 0 Å². The van der Waals surface area contributed by atoms with Crippen LogP contribution in [-0.2, 0) is 23.1 Å². The van der Waals surface area contributed by atoms with Gasteiger partial charge in [-0.15, -0.1) is 0 Å². The minimum Gasteiger partial charge on any atom is -0.497 e. The van der Waals surface area contributed by atoms with Crippen LogP contribution < -0.4 is 9.46 Å². The number of rotatable bonds is 7. The van der Waals surface area contributed by atoms with Crippen molar-refractivity contribution >= 4 is 10.0 Å². The van der Waals surface area contributed by atoms with Crippen molar-refractivity contribution in [2.75, 3.05) is 13.7 Å². The van der Waals surface area contributed by atoms with Gasteiger partial charge in [-0.3, -0.25) is 0 Å². The van der Waals surface area contributed by atoms with Crippen LogP contribution in [0.25, 0.3) is 0 Å². The minimum absolute atomic E-state index is 0.197. The van der Waals surface area contributed by atoms with Crippen molar-refractivity contribution in [2.45, 2.75) is 18.1 Å². The van der Waals surface area contributed by atoms with E-state index in [0.29, 0.717) is 6.42 Å². The molecule has 0 saturated heterocycles. The highest BCUT2D eigenvalue weighted by Gasteiger charge is 2.17. The van der Waals surface area contributed by atoms with Crippen molar-refractivity contribution in [1.29, 1.82) is 0 Å². The lowest BCUT2D eigenvalue weighted by atomic mass is 10.1. The van der Waals surface area contributed by atoms with E-state index >= 15 is 0 Å². The molecule has 1 aromatic heterocycles. The average molecular weight is 311 g/mol. The first-order chi connectivity index (χ1) is 10.0. The van der Waals surface area contributed by atoms with Gasteiger partial charge in [-0.25, -0.2) is 13.1 Å². The molecule has 1 heterocycles. The monoisotopic (exact) mass is 311 g/mol. The van der Waals surface area contributed by atoms with Crippen LogP contribution in [0.3, 0.4) is 0 Å². The van der Waals surface area contributed by atoms with Gasteiger partial charge in [0.2, 0.25) is 5.09 Å². The molecule has 0 atom stereocenters. The van der Waals surface area contributed by atoms with Gasteiger partial charge >= 0.3 is 0 Å². The fraction of sp³-hybridized carbons (Fsp3) is 0.286. The molecular weight excluding hydrogens is 294 g/mol. The van der Waals surface area contributed by atoms with E-state index in [-0.39, 0.29) is 24.0 Å². The number of hydrogen-bond donors (Lipinski definition) is 2. The lowest BCUT2D eigenvalue weighted by Gasteiger charge is -2.06. The SMILES string of the molecule is COc1cccc(CCNS(=O)(=O)c2ccc(CO)o2)c1. The Hall–Kier alpha value is -1.83. The molecule has 2 aromatic rings. The highest BCUT2D eigenvalue weighted by atomic mass is 32.2. The molecule has 0 saturated carbocycles. The highest BCUT2D eigenvalue weighted by Crippen LogP contribution is 2.15. The molecule has 1 aromatic carbocycles. The normalized spacial score (nSPS) is 11.5. The van der Waals surface area contributed by atoms with E-state index in [9.17, 15) is 8.42 Å². The largest absolute Gasteiger partial charge is 0.497 e. The Bertz CT molecular complexity index is 693. The minimum atomic E-state index is -3.69. The van der Waals surface area contributed by atoms with Gasteiger partial charge in [-0.1, -0.05) is 12.1 Å². The Labute approximate surface area is 123 Å². The molecule has 0 unspecified atom stereocenters. The number of nitrogens with one attached hydrogen (secondary N) is 1. The van der Waals surface area contributed by atoms with E-state index in [2.05, 4.69) is 4.72 Å². The van der Waals surface area contributed by atoms with Gasteiger partial charge in [0.25, 0.3) is 10.0 Å². The number of ether oxygens (including phenoxy) is 1. The van der Waals surface area contributed by atoms with Crippen LogP contribution in [0.15, 0.2) is 45.9 Å². The highest BCUT2D eigenvalue weighted by molar-refractivity contribution is 7.89. The summed E-state index contributed by atoms with van der Waals surface area (Å²) in [6.45, 7) is -0.0933. The van der Waals surface area contributed by atoms with Crippen molar-refractivity contribution in [2.24, 2.45) is 0 Å². The summed E-state index contributed by atoms with van der Waals surface area (Å²) in [5.74, 6) is 0.942. The number of aliphatic hydroxyl groups is 1. The van der Waals surface area contributed by atoms with Crippen LogP contribution in [0.4, 0.5) is 0 Å². The summed E-state index contributed by atoms with van der Waals surface area (Å²) in [4.78, 5) is 0. The summed E-state index contributed by atoms with van der Waals surface area (Å²) in [7, 11) is -2.11. The van der Waals surface area contributed by atoms with E-state index in [0.717, 1.165) is 11.3 Å². The van der Waals surface area contributed by atoms with E-state index in [1.807, 2.05) is 24.3 Å². The Balaban J connectivity index is 1.95. The van der Waals surface area contributed by atoms with Gasteiger partial charge in [0.1, 0.15) is 18.1 Å². The van der Waals surface area contributed by atoms with Gasteiger partial charge in [0.05, 0.1) is 7.11 Å². The van der Waals surface area contributed by atoms with E-state index in [1.165, 1.54) is 12.1 Å². The quantitative estimate of drug-likeness (QED) is 0.804. The van der Waals surface area contributed by atoms with Crippen LogP contribution in [0.2, 0.25) is 0 Å². The smallest absolute Gasteiger partial charge is 0.273 e. The zero-order valence-corrected chi connectivity index (χ0v) is 12.4. The van der Waals surface area contributed by atoms with Crippen LogP contribution in [-0.4, -0.2) is 27.2 Å². The fourth-order valence-corrected chi connectivity index (χ4v) is 2.79. The lowest BCUT2D eigenvalue weighted by Crippen LogP contribution is -2.25. The zero-order chi connectivity index (χ0) is 15.3. The first-order valence-corrected chi connectivity index (χ1v) is 7.85. The molecule has 114 valence electrons. The fourth-order valence-electron chi connectivity index (χ4n) is 1.82. The van der Waals surface area contributed by atoms with E-state index in [1.54, 1.807) is 7.11 Å². The third-order valence-electron chi connectivity index (χ3n) is 2.90. The second-order valence-corrected chi connectivity index (χ2v) is 6.08. The van der Waals surface area contributed by atoms with E-state index < -0.39 is 10.0 Å². The van der Waals surface area contributed by atoms with Gasteiger partial charge in [0, 0.05) is 6.54 Å². The van der Waals surface area contributed by atoms with Gasteiger partial charge in [-0.2, -0.15) is 0 Å². The summed E-state index contributed by atoms with van der Waals surface area (Å²) in [5, 5.41) is 8.67. The molecule has 0 fully saturated rings.